The molecule has 1 heterocycles. The van der Waals surface area contributed by atoms with Gasteiger partial charge in [0.05, 0.1) is 12.1 Å². The first-order chi connectivity index (χ1) is 10.3. The van der Waals surface area contributed by atoms with Crippen molar-refractivity contribution >= 4 is 5.69 Å². The molecule has 0 bridgehead atoms. The molecular formula is C17H22N2O2. The molecule has 1 saturated carbocycles. The lowest BCUT2D eigenvalue weighted by Gasteiger charge is -2.31. The van der Waals surface area contributed by atoms with Crippen molar-refractivity contribution in [1.82, 2.24) is 4.98 Å². The van der Waals surface area contributed by atoms with Crippen molar-refractivity contribution in [3.05, 3.63) is 36.4 Å². The van der Waals surface area contributed by atoms with Gasteiger partial charge in [-0.15, -0.1) is 0 Å². The minimum Gasteiger partial charge on any atom is -0.449 e. The number of nitrogens with one attached hydrogen (secondary N) is 1. The summed E-state index contributed by atoms with van der Waals surface area (Å²) in [6, 6.07) is 8.75. The number of ether oxygens (including phenoxy) is 1. The SMILES string of the molecule is COC1CCCCC1Nc1ccc(-c2coc(C)n2)cc1. The first-order valence-corrected chi connectivity index (χ1v) is 7.58. The number of anilines is 1. The van der Waals surface area contributed by atoms with E-state index in [1.807, 2.05) is 6.92 Å². The van der Waals surface area contributed by atoms with Gasteiger partial charge < -0.3 is 14.5 Å². The summed E-state index contributed by atoms with van der Waals surface area (Å²) in [4.78, 5) is 4.34. The Morgan fingerprint density at radius 2 is 1.95 bits per heavy atom. The fourth-order valence-corrected chi connectivity index (χ4v) is 2.99. The van der Waals surface area contributed by atoms with E-state index in [2.05, 4.69) is 34.6 Å². The second-order valence-corrected chi connectivity index (χ2v) is 5.64. The van der Waals surface area contributed by atoms with Crippen LogP contribution >= 0.6 is 0 Å². The van der Waals surface area contributed by atoms with Crippen LogP contribution in [0.4, 0.5) is 5.69 Å². The summed E-state index contributed by atoms with van der Waals surface area (Å²) in [6.45, 7) is 1.85. The van der Waals surface area contributed by atoms with E-state index in [9.17, 15) is 0 Å². The van der Waals surface area contributed by atoms with Crippen LogP contribution in [-0.2, 0) is 4.74 Å². The first-order valence-electron chi connectivity index (χ1n) is 7.58. The van der Waals surface area contributed by atoms with Crippen molar-refractivity contribution in [2.24, 2.45) is 0 Å². The highest BCUT2D eigenvalue weighted by molar-refractivity contribution is 5.62. The van der Waals surface area contributed by atoms with Gasteiger partial charge in [0, 0.05) is 25.3 Å². The molecule has 0 radical (unpaired) electrons. The Balaban J connectivity index is 1.69. The van der Waals surface area contributed by atoms with Crippen LogP contribution in [0.2, 0.25) is 0 Å². The average Bonchev–Trinajstić information content (AvgIpc) is 2.95. The molecule has 1 N–H and O–H groups in total. The molecule has 0 spiro atoms. The standard InChI is InChI=1S/C17H22N2O2/c1-12-18-16(11-21-12)13-7-9-14(10-8-13)19-15-5-3-4-6-17(15)20-2/h7-11,15,17,19H,3-6H2,1-2H3. The lowest BCUT2D eigenvalue weighted by atomic mass is 9.92. The van der Waals surface area contributed by atoms with Gasteiger partial charge in [0.15, 0.2) is 5.89 Å². The predicted molar refractivity (Wildman–Crippen MR) is 83.4 cm³/mol. The second-order valence-electron chi connectivity index (χ2n) is 5.64. The molecule has 1 fully saturated rings. The summed E-state index contributed by atoms with van der Waals surface area (Å²) >= 11 is 0. The highest BCUT2D eigenvalue weighted by atomic mass is 16.5. The number of nitrogens with zero attached hydrogens (tertiary/aromatic N) is 1. The molecule has 112 valence electrons. The van der Waals surface area contributed by atoms with Gasteiger partial charge in [-0.05, 0) is 25.0 Å². The van der Waals surface area contributed by atoms with Gasteiger partial charge in [-0.25, -0.2) is 4.98 Å². The van der Waals surface area contributed by atoms with Crippen LogP contribution in [-0.4, -0.2) is 24.2 Å². The number of hydrogen-bond acceptors (Lipinski definition) is 4. The van der Waals surface area contributed by atoms with Crippen molar-refractivity contribution in [3.8, 4) is 11.3 Å². The molecule has 4 nitrogen and oxygen atoms in total. The van der Waals surface area contributed by atoms with Gasteiger partial charge in [0.25, 0.3) is 0 Å². The molecule has 2 atom stereocenters. The zero-order chi connectivity index (χ0) is 14.7. The largest absolute Gasteiger partial charge is 0.449 e. The number of oxazole rings is 1. The number of aryl methyl sites for hydroxylation is 1. The maximum absolute atomic E-state index is 5.59. The molecule has 21 heavy (non-hydrogen) atoms. The summed E-state index contributed by atoms with van der Waals surface area (Å²) in [5.41, 5.74) is 3.09. The number of methoxy groups -OCH3 is 1. The number of aromatic nitrogens is 1. The van der Waals surface area contributed by atoms with Crippen LogP contribution in [0.15, 0.2) is 34.9 Å². The highest BCUT2D eigenvalue weighted by Gasteiger charge is 2.24. The Morgan fingerprint density at radius 3 is 2.62 bits per heavy atom. The molecule has 1 aliphatic rings. The van der Waals surface area contributed by atoms with Gasteiger partial charge in [0.2, 0.25) is 0 Å². The summed E-state index contributed by atoms with van der Waals surface area (Å²) in [5, 5.41) is 3.60. The van der Waals surface area contributed by atoms with Gasteiger partial charge >= 0.3 is 0 Å². The quantitative estimate of drug-likeness (QED) is 0.922. The van der Waals surface area contributed by atoms with Crippen molar-refractivity contribution in [2.75, 3.05) is 12.4 Å². The Hall–Kier alpha value is -1.81. The van der Waals surface area contributed by atoms with E-state index >= 15 is 0 Å². The molecule has 4 heteroatoms. The normalized spacial score (nSPS) is 22.2. The topological polar surface area (TPSA) is 47.3 Å². The Labute approximate surface area is 125 Å². The van der Waals surface area contributed by atoms with Crippen molar-refractivity contribution in [2.45, 2.75) is 44.8 Å². The maximum atomic E-state index is 5.59. The number of hydrogen-bond donors (Lipinski definition) is 1. The molecule has 3 rings (SSSR count). The fraction of sp³-hybridized carbons (Fsp3) is 0.471. The van der Waals surface area contributed by atoms with E-state index in [1.165, 1.54) is 19.3 Å². The molecule has 0 saturated heterocycles. The molecule has 1 aromatic carbocycles. The van der Waals surface area contributed by atoms with Gasteiger partial charge in [0.1, 0.15) is 12.0 Å². The first kappa shape index (κ1) is 14.1. The third-order valence-corrected chi connectivity index (χ3v) is 4.16. The maximum Gasteiger partial charge on any atom is 0.191 e. The Bertz CT molecular complexity index is 577. The average molecular weight is 286 g/mol. The lowest BCUT2D eigenvalue weighted by Crippen LogP contribution is -2.37. The summed E-state index contributed by atoms with van der Waals surface area (Å²) in [6.07, 6.45) is 6.86. The molecule has 0 amide bonds. The Morgan fingerprint density at radius 1 is 1.19 bits per heavy atom. The van der Waals surface area contributed by atoms with E-state index < -0.39 is 0 Å². The third-order valence-electron chi connectivity index (χ3n) is 4.16. The number of benzene rings is 1. The summed E-state index contributed by atoms with van der Waals surface area (Å²) < 4.78 is 10.8. The third kappa shape index (κ3) is 3.27. The van der Waals surface area contributed by atoms with Crippen LogP contribution in [0.3, 0.4) is 0 Å². The smallest absolute Gasteiger partial charge is 0.191 e. The molecule has 2 aromatic rings. The van der Waals surface area contributed by atoms with Crippen molar-refractivity contribution in [3.63, 3.8) is 0 Å². The van der Waals surface area contributed by atoms with E-state index in [-0.39, 0.29) is 0 Å². The summed E-state index contributed by atoms with van der Waals surface area (Å²) in [7, 11) is 1.81. The van der Waals surface area contributed by atoms with Gasteiger partial charge in [-0.2, -0.15) is 0 Å². The summed E-state index contributed by atoms with van der Waals surface area (Å²) in [5.74, 6) is 0.692. The number of rotatable bonds is 4. The zero-order valence-corrected chi connectivity index (χ0v) is 12.6. The predicted octanol–water partition coefficient (Wildman–Crippen LogP) is 4.02. The minimum atomic E-state index is 0.316. The minimum absolute atomic E-state index is 0.316. The molecule has 1 aliphatic carbocycles. The monoisotopic (exact) mass is 286 g/mol. The molecule has 0 aliphatic heterocycles. The Kier molecular flexibility index (Phi) is 4.25. The van der Waals surface area contributed by atoms with Crippen LogP contribution in [0.25, 0.3) is 11.3 Å². The molecular weight excluding hydrogens is 264 g/mol. The van der Waals surface area contributed by atoms with Crippen LogP contribution in [0.1, 0.15) is 31.6 Å². The van der Waals surface area contributed by atoms with E-state index in [0.717, 1.165) is 23.4 Å². The molecule has 1 aromatic heterocycles. The van der Waals surface area contributed by atoms with Crippen LogP contribution < -0.4 is 5.32 Å². The highest BCUT2D eigenvalue weighted by Crippen LogP contribution is 2.26. The lowest BCUT2D eigenvalue weighted by molar-refractivity contribution is 0.0606. The van der Waals surface area contributed by atoms with Crippen molar-refractivity contribution < 1.29 is 9.15 Å². The zero-order valence-electron chi connectivity index (χ0n) is 12.6. The van der Waals surface area contributed by atoms with Gasteiger partial charge in [-0.3, -0.25) is 0 Å². The second kappa shape index (κ2) is 6.31. The molecule has 2 unspecified atom stereocenters. The van der Waals surface area contributed by atoms with Gasteiger partial charge in [-0.1, -0.05) is 25.0 Å². The van der Waals surface area contributed by atoms with E-state index in [4.69, 9.17) is 9.15 Å². The van der Waals surface area contributed by atoms with E-state index in [1.54, 1.807) is 13.4 Å². The van der Waals surface area contributed by atoms with Crippen LogP contribution in [0.5, 0.6) is 0 Å². The van der Waals surface area contributed by atoms with Crippen molar-refractivity contribution in [1.29, 1.82) is 0 Å². The fourth-order valence-electron chi connectivity index (χ4n) is 2.99. The van der Waals surface area contributed by atoms with Crippen LogP contribution in [0, 0.1) is 6.92 Å². The van der Waals surface area contributed by atoms with E-state index in [0.29, 0.717) is 18.0 Å².